The van der Waals surface area contributed by atoms with E-state index in [2.05, 4.69) is 29.3 Å². The highest BCUT2D eigenvalue weighted by molar-refractivity contribution is 6.39. The highest BCUT2D eigenvalue weighted by Gasteiger charge is 2.16. The summed E-state index contributed by atoms with van der Waals surface area (Å²) in [6.45, 7) is 7.38. The number of hydrogen-bond acceptors (Lipinski definition) is 5. The number of aromatic nitrogens is 2. The molecule has 1 N–H and O–H groups in total. The fraction of sp³-hybridized carbons (Fsp3) is 0.471. The molecule has 0 fully saturated rings. The second-order valence-electron chi connectivity index (χ2n) is 6.15. The van der Waals surface area contributed by atoms with Crippen LogP contribution in [0.3, 0.4) is 0 Å². The molecule has 0 spiro atoms. The molecule has 1 aromatic heterocycles. The van der Waals surface area contributed by atoms with Gasteiger partial charge in [-0.15, -0.1) is 0 Å². The van der Waals surface area contributed by atoms with Gasteiger partial charge < -0.3 is 9.84 Å². The summed E-state index contributed by atoms with van der Waals surface area (Å²) in [5.41, 5.74) is 0.420. The molecule has 0 aliphatic rings. The molecule has 0 saturated heterocycles. The lowest BCUT2D eigenvalue weighted by atomic mass is 10.1. The number of nitrogens with zero attached hydrogens (tertiary/aromatic N) is 3. The van der Waals surface area contributed by atoms with Crippen LogP contribution in [-0.2, 0) is 17.8 Å². The van der Waals surface area contributed by atoms with Crippen molar-refractivity contribution in [1.29, 1.82) is 0 Å². The Bertz CT molecular complexity index is 698. The van der Waals surface area contributed by atoms with E-state index in [1.807, 2.05) is 11.8 Å². The van der Waals surface area contributed by atoms with Gasteiger partial charge in [-0.3, -0.25) is 9.69 Å². The highest BCUT2D eigenvalue weighted by atomic mass is 35.5. The van der Waals surface area contributed by atoms with Gasteiger partial charge in [-0.25, -0.2) is 0 Å². The Balaban J connectivity index is 1.94. The molecular weight excluding hydrogens is 363 g/mol. The van der Waals surface area contributed by atoms with Gasteiger partial charge in [-0.2, -0.15) is 4.98 Å². The molecule has 136 valence electrons. The molecule has 25 heavy (non-hydrogen) atoms. The Kier molecular flexibility index (Phi) is 7.23. The number of carbonyl (C=O) groups excluding carboxylic acids is 1. The maximum absolute atomic E-state index is 12.3. The summed E-state index contributed by atoms with van der Waals surface area (Å²) < 4.78 is 5.26. The molecule has 0 atom stereocenters. The lowest BCUT2D eigenvalue weighted by molar-refractivity contribution is -0.117. The first-order valence-corrected chi connectivity index (χ1v) is 8.92. The maximum atomic E-state index is 12.3. The van der Waals surface area contributed by atoms with Crippen molar-refractivity contribution in [2.24, 2.45) is 5.92 Å². The minimum Gasteiger partial charge on any atom is -0.338 e. The predicted octanol–water partition coefficient (Wildman–Crippen LogP) is 4.04. The van der Waals surface area contributed by atoms with E-state index >= 15 is 0 Å². The van der Waals surface area contributed by atoms with Crippen LogP contribution in [0.1, 0.15) is 32.5 Å². The van der Waals surface area contributed by atoms with Gasteiger partial charge in [0.2, 0.25) is 11.8 Å². The van der Waals surface area contributed by atoms with E-state index in [4.69, 9.17) is 27.7 Å². The number of rotatable bonds is 8. The quantitative estimate of drug-likeness (QED) is 0.743. The third-order valence-electron chi connectivity index (χ3n) is 3.50. The van der Waals surface area contributed by atoms with Crippen LogP contribution in [0, 0.1) is 5.92 Å². The van der Waals surface area contributed by atoms with Crippen LogP contribution >= 0.6 is 23.2 Å². The molecule has 0 bridgehead atoms. The summed E-state index contributed by atoms with van der Waals surface area (Å²) in [5, 5.41) is 7.52. The summed E-state index contributed by atoms with van der Waals surface area (Å²) in [4.78, 5) is 18.6. The Morgan fingerprint density at radius 3 is 2.60 bits per heavy atom. The molecular formula is C17H22Cl2N4O2. The molecule has 6 nitrogen and oxygen atoms in total. The van der Waals surface area contributed by atoms with Crippen molar-refractivity contribution in [3.63, 3.8) is 0 Å². The van der Waals surface area contributed by atoms with E-state index < -0.39 is 0 Å². The Morgan fingerprint density at radius 2 is 2.00 bits per heavy atom. The minimum atomic E-state index is -0.209. The number of carbonyl (C=O) groups is 1. The largest absolute Gasteiger partial charge is 0.338 e. The molecule has 0 radical (unpaired) electrons. The number of halogens is 2. The fourth-order valence-electron chi connectivity index (χ4n) is 2.27. The summed E-state index contributed by atoms with van der Waals surface area (Å²) in [7, 11) is 0. The minimum absolute atomic E-state index is 0.167. The molecule has 0 aliphatic heterocycles. The van der Waals surface area contributed by atoms with Gasteiger partial charge in [0.05, 0.1) is 28.8 Å². The van der Waals surface area contributed by atoms with E-state index in [0.717, 1.165) is 6.42 Å². The lowest BCUT2D eigenvalue weighted by Gasteiger charge is -2.18. The second kappa shape index (κ2) is 9.17. The second-order valence-corrected chi connectivity index (χ2v) is 6.96. The number of para-hydroxylation sites is 1. The monoisotopic (exact) mass is 384 g/mol. The highest BCUT2D eigenvalue weighted by Crippen LogP contribution is 2.29. The van der Waals surface area contributed by atoms with Gasteiger partial charge in [-0.1, -0.05) is 55.2 Å². The van der Waals surface area contributed by atoms with Crippen LogP contribution < -0.4 is 5.32 Å². The standard InChI is InChI=1S/C17H22Cl2N4O2/c1-4-23(10-16-20-14(22-25-16)8-11(2)3)9-15(24)21-17-12(18)6-5-7-13(17)19/h5-7,11H,4,8-10H2,1-3H3,(H,21,24). The van der Waals surface area contributed by atoms with Crippen molar-refractivity contribution in [3.05, 3.63) is 40.0 Å². The fourth-order valence-corrected chi connectivity index (χ4v) is 2.76. The van der Waals surface area contributed by atoms with E-state index in [0.29, 0.717) is 46.5 Å². The Morgan fingerprint density at radius 1 is 1.32 bits per heavy atom. The maximum Gasteiger partial charge on any atom is 0.240 e. The van der Waals surface area contributed by atoms with Gasteiger partial charge in [0.25, 0.3) is 0 Å². The van der Waals surface area contributed by atoms with Gasteiger partial charge in [0, 0.05) is 6.42 Å². The molecule has 1 amide bonds. The summed E-state index contributed by atoms with van der Waals surface area (Å²) in [5.74, 6) is 1.44. The average molecular weight is 385 g/mol. The molecule has 1 heterocycles. The molecule has 0 unspecified atom stereocenters. The van der Waals surface area contributed by atoms with Crippen LogP contribution in [-0.4, -0.2) is 34.0 Å². The number of anilines is 1. The van der Waals surface area contributed by atoms with Crippen molar-refractivity contribution in [2.75, 3.05) is 18.4 Å². The normalized spacial score (nSPS) is 11.3. The van der Waals surface area contributed by atoms with E-state index in [1.54, 1.807) is 18.2 Å². The third-order valence-corrected chi connectivity index (χ3v) is 4.13. The number of nitrogens with one attached hydrogen (secondary N) is 1. The van der Waals surface area contributed by atoms with Crippen molar-refractivity contribution in [2.45, 2.75) is 33.7 Å². The van der Waals surface area contributed by atoms with Crippen molar-refractivity contribution < 1.29 is 9.32 Å². The lowest BCUT2D eigenvalue weighted by Crippen LogP contribution is -2.33. The smallest absolute Gasteiger partial charge is 0.240 e. The molecule has 2 rings (SSSR count). The van der Waals surface area contributed by atoms with Crippen molar-refractivity contribution in [3.8, 4) is 0 Å². The Labute approximate surface area is 157 Å². The van der Waals surface area contributed by atoms with E-state index in [9.17, 15) is 4.79 Å². The third kappa shape index (κ3) is 5.99. The van der Waals surface area contributed by atoms with Crippen LogP contribution in [0.5, 0.6) is 0 Å². The van der Waals surface area contributed by atoms with Gasteiger partial charge >= 0.3 is 0 Å². The molecule has 8 heteroatoms. The SMILES string of the molecule is CCN(CC(=O)Nc1c(Cl)cccc1Cl)Cc1nc(CC(C)C)no1. The van der Waals surface area contributed by atoms with Gasteiger partial charge in [-0.05, 0) is 24.6 Å². The molecule has 0 saturated carbocycles. The zero-order valence-electron chi connectivity index (χ0n) is 14.6. The number of benzene rings is 1. The van der Waals surface area contributed by atoms with Gasteiger partial charge in [0.1, 0.15) is 0 Å². The predicted molar refractivity (Wildman–Crippen MR) is 98.9 cm³/mol. The molecule has 0 aliphatic carbocycles. The van der Waals surface area contributed by atoms with E-state index in [1.165, 1.54) is 0 Å². The summed E-state index contributed by atoms with van der Waals surface area (Å²) >= 11 is 12.1. The first kappa shape index (κ1) is 19.7. The van der Waals surface area contributed by atoms with Gasteiger partial charge in [0.15, 0.2) is 5.82 Å². The van der Waals surface area contributed by atoms with Crippen LogP contribution in [0.15, 0.2) is 22.7 Å². The topological polar surface area (TPSA) is 71.3 Å². The molecule has 2 aromatic rings. The first-order valence-electron chi connectivity index (χ1n) is 8.16. The van der Waals surface area contributed by atoms with Crippen molar-refractivity contribution >= 4 is 34.8 Å². The average Bonchev–Trinajstić information content (AvgIpc) is 2.96. The number of likely N-dealkylation sites (N-methyl/N-ethyl adjacent to an activating group) is 1. The van der Waals surface area contributed by atoms with Crippen LogP contribution in [0.2, 0.25) is 10.0 Å². The van der Waals surface area contributed by atoms with E-state index in [-0.39, 0.29) is 12.5 Å². The van der Waals surface area contributed by atoms with Crippen LogP contribution in [0.25, 0.3) is 0 Å². The summed E-state index contributed by atoms with van der Waals surface area (Å²) in [6, 6.07) is 5.08. The number of hydrogen-bond donors (Lipinski definition) is 1. The zero-order valence-corrected chi connectivity index (χ0v) is 16.1. The zero-order chi connectivity index (χ0) is 18.4. The van der Waals surface area contributed by atoms with Crippen molar-refractivity contribution in [1.82, 2.24) is 15.0 Å². The number of amides is 1. The Hall–Kier alpha value is -1.63. The van der Waals surface area contributed by atoms with Crippen LogP contribution in [0.4, 0.5) is 5.69 Å². The first-order chi connectivity index (χ1) is 11.9. The summed E-state index contributed by atoms with van der Waals surface area (Å²) in [6.07, 6.45) is 0.765. The molecule has 1 aromatic carbocycles.